The number of aromatic nitrogens is 2. The summed E-state index contributed by atoms with van der Waals surface area (Å²) < 4.78 is 3.01. The van der Waals surface area contributed by atoms with Crippen LogP contribution in [0.1, 0.15) is 44.7 Å². The lowest BCUT2D eigenvalue weighted by molar-refractivity contribution is -0.130. The number of amides is 1. The van der Waals surface area contributed by atoms with Crippen LogP contribution >= 0.6 is 39.9 Å². The molecule has 0 bridgehead atoms. The minimum Gasteiger partial charge on any atom is -0.357 e. The van der Waals surface area contributed by atoms with Gasteiger partial charge < -0.3 is 19.9 Å². The minimum absolute atomic E-state index is 0. The summed E-state index contributed by atoms with van der Waals surface area (Å²) in [5.74, 6) is 1.08. The highest BCUT2D eigenvalue weighted by Gasteiger charge is 2.15. The largest absolute Gasteiger partial charge is 0.357 e. The maximum atomic E-state index is 12.1. The Morgan fingerprint density at radius 1 is 1.24 bits per heavy atom. The molecule has 0 saturated carbocycles. The molecule has 0 spiro atoms. The second kappa shape index (κ2) is 12.4. The average molecular weight is 577 g/mol. The van der Waals surface area contributed by atoms with Crippen LogP contribution in [0.25, 0.3) is 5.65 Å². The number of imidazole rings is 1. The van der Waals surface area contributed by atoms with E-state index < -0.39 is 0 Å². The molecule has 0 aliphatic carbocycles. The normalized spacial score (nSPS) is 15.2. The monoisotopic (exact) mass is 576 g/mol. The van der Waals surface area contributed by atoms with E-state index in [1.807, 2.05) is 33.8 Å². The van der Waals surface area contributed by atoms with Gasteiger partial charge in [-0.15, -0.1) is 24.0 Å². The molecule has 1 aliphatic rings. The van der Waals surface area contributed by atoms with Crippen LogP contribution in [0.5, 0.6) is 0 Å². The summed E-state index contributed by atoms with van der Waals surface area (Å²) in [6.45, 7) is 5.86. The lowest BCUT2D eigenvalue weighted by atomic mass is 10.2. The van der Waals surface area contributed by atoms with E-state index in [9.17, 15) is 4.79 Å². The smallest absolute Gasteiger partial charge is 0.222 e. The van der Waals surface area contributed by atoms with Crippen molar-refractivity contribution in [3.05, 3.63) is 34.7 Å². The summed E-state index contributed by atoms with van der Waals surface area (Å²) >= 11 is 3.48. The molecular formula is C20H30BrIN6O. The van der Waals surface area contributed by atoms with Gasteiger partial charge in [-0.05, 0) is 54.2 Å². The van der Waals surface area contributed by atoms with Crippen molar-refractivity contribution in [3.63, 3.8) is 0 Å². The molecule has 0 aromatic carbocycles. The third-order valence-corrected chi connectivity index (χ3v) is 5.25. The Bertz CT molecular complexity index is 824. The Hall–Kier alpha value is -1.36. The molecule has 2 aromatic rings. The SMILES string of the molecule is CCNC(=NCc1cn2cc(Br)ccc2n1)NCCCN1CCCCCC1=O.I. The summed E-state index contributed by atoms with van der Waals surface area (Å²) in [5.41, 5.74) is 1.83. The molecule has 9 heteroatoms. The molecule has 160 valence electrons. The van der Waals surface area contributed by atoms with Gasteiger partial charge in [-0.25, -0.2) is 9.98 Å². The number of carbonyl (C=O) groups is 1. The average Bonchev–Trinajstić information content (AvgIpc) is 2.97. The van der Waals surface area contributed by atoms with E-state index in [1.165, 1.54) is 0 Å². The van der Waals surface area contributed by atoms with Gasteiger partial charge in [0.05, 0.1) is 12.2 Å². The van der Waals surface area contributed by atoms with Crippen LogP contribution < -0.4 is 10.6 Å². The molecule has 2 aromatic heterocycles. The Balaban J connectivity index is 0.00000300. The number of halogens is 2. The van der Waals surface area contributed by atoms with Gasteiger partial charge in [0.1, 0.15) is 5.65 Å². The molecule has 7 nitrogen and oxygen atoms in total. The van der Waals surface area contributed by atoms with Gasteiger partial charge >= 0.3 is 0 Å². The fourth-order valence-corrected chi connectivity index (χ4v) is 3.70. The number of nitrogens with zero attached hydrogens (tertiary/aromatic N) is 4. The molecule has 29 heavy (non-hydrogen) atoms. The maximum Gasteiger partial charge on any atom is 0.222 e. The van der Waals surface area contributed by atoms with Crippen molar-refractivity contribution in [1.29, 1.82) is 0 Å². The van der Waals surface area contributed by atoms with Crippen molar-refractivity contribution in [1.82, 2.24) is 24.9 Å². The third kappa shape index (κ3) is 7.44. The number of aliphatic imine (C=N–C) groups is 1. The molecular weight excluding hydrogens is 547 g/mol. The Morgan fingerprint density at radius 2 is 2.10 bits per heavy atom. The van der Waals surface area contributed by atoms with Gasteiger partial charge in [-0.3, -0.25) is 4.79 Å². The van der Waals surface area contributed by atoms with Crippen molar-refractivity contribution >= 4 is 57.4 Å². The van der Waals surface area contributed by atoms with Crippen LogP contribution in [-0.2, 0) is 11.3 Å². The standard InChI is InChI=1S/C20H29BrN6O.HI/c1-2-22-20(23-10-6-12-26-11-5-3-4-7-19(26)28)24-13-17-15-27-14-16(21)8-9-18(27)25-17;/h8-9,14-15H,2-7,10-13H2,1H3,(H2,22,23,24);1H. The minimum atomic E-state index is 0. The summed E-state index contributed by atoms with van der Waals surface area (Å²) in [7, 11) is 0. The first-order chi connectivity index (χ1) is 13.7. The molecule has 2 N–H and O–H groups in total. The highest BCUT2D eigenvalue weighted by atomic mass is 127. The second-order valence-electron chi connectivity index (χ2n) is 7.01. The van der Waals surface area contributed by atoms with Crippen molar-refractivity contribution in [2.75, 3.05) is 26.2 Å². The van der Waals surface area contributed by atoms with Gasteiger partial charge in [0.25, 0.3) is 0 Å². The Kier molecular flexibility index (Phi) is 10.2. The van der Waals surface area contributed by atoms with E-state index in [4.69, 9.17) is 0 Å². The molecule has 0 atom stereocenters. The topological polar surface area (TPSA) is 74.0 Å². The van der Waals surface area contributed by atoms with Crippen molar-refractivity contribution in [2.45, 2.75) is 45.6 Å². The molecule has 1 fully saturated rings. The quantitative estimate of drug-likeness (QED) is 0.229. The van der Waals surface area contributed by atoms with Gasteiger partial charge in [-0.1, -0.05) is 6.42 Å². The Morgan fingerprint density at radius 3 is 2.93 bits per heavy atom. The third-order valence-electron chi connectivity index (χ3n) is 4.78. The fourth-order valence-electron chi connectivity index (χ4n) is 3.35. The van der Waals surface area contributed by atoms with Crippen molar-refractivity contribution in [3.8, 4) is 0 Å². The van der Waals surface area contributed by atoms with Crippen LogP contribution in [0.3, 0.4) is 0 Å². The number of likely N-dealkylation sites (tertiary alicyclic amines) is 1. The summed E-state index contributed by atoms with van der Waals surface area (Å²) in [4.78, 5) is 23.3. The Labute approximate surface area is 197 Å². The number of guanidine groups is 1. The summed E-state index contributed by atoms with van der Waals surface area (Å²) in [5, 5.41) is 6.63. The first-order valence-corrected chi connectivity index (χ1v) is 10.9. The number of pyridine rings is 1. The summed E-state index contributed by atoms with van der Waals surface area (Å²) in [6.07, 6.45) is 8.92. The van der Waals surface area contributed by atoms with E-state index in [1.54, 1.807) is 0 Å². The number of hydrogen-bond acceptors (Lipinski definition) is 3. The fraction of sp³-hybridized carbons (Fsp3) is 0.550. The van der Waals surface area contributed by atoms with E-state index in [0.717, 1.165) is 73.6 Å². The van der Waals surface area contributed by atoms with E-state index in [2.05, 4.69) is 43.5 Å². The lowest BCUT2D eigenvalue weighted by Crippen LogP contribution is -2.39. The second-order valence-corrected chi connectivity index (χ2v) is 7.93. The zero-order chi connectivity index (χ0) is 19.8. The van der Waals surface area contributed by atoms with Crippen LogP contribution in [0, 0.1) is 0 Å². The highest BCUT2D eigenvalue weighted by molar-refractivity contribution is 14.0. The molecule has 3 rings (SSSR count). The first-order valence-electron chi connectivity index (χ1n) is 10.1. The number of fused-ring (bicyclic) bond motifs is 1. The predicted molar refractivity (Wildman–Crippen MR) is 131 cm³/mol. The van der Waals surface area contributed by atoms with Crippen molar-refractivity contribution in [2.24, 2.45) is 4.99 Å². The number of hydrogen-bond donors (Lipinski definition) is 2. The predicted octanol–water partition coefficient (Wildman–Crippen LogP) is 3.56. The van der Waals surface area contributed by atoms with E-state index in [-0.39, 0.29) is 24.0 Å². The van der Waals surface area contributed by atoms with Crippen LogP contribution in [0.2, 0.25) is 0 Å². The molecule has 1 aliphatic heterocycles. The van der Waals surface area contributed by atoms with E-state index >= 15 is 0 Å². The van der Waals surface area contributed by atoms with Crippen molar-refractivity contribution < 1.29 is 4.79 Å². The van der Waals surface area contributed by atoms with Gasteiger partial charge in [0.2, 0.25) is 5.91 Å². The summed E-state index contributed by atoms with van der Waals surface area (Å²) in [6, 6.07) is 3.96. The molecule has 3 heterocycles. The van der Waals surface area contributed by atoms with Crippen LogP contribution in [0.15, 0.2) is 34.0 Å². The number of carbonyl (C=O) groups excluding carboxylic acids is 1. The van der Waals surface area contributed by atoms with Gasteiger partial charge in [0.15, 0.2) is 5.96 Å². The van der Waals surface area contributed by atoms with E-state index in [0.29, 0.717) is 18.9 Å². The molecule has 0 radical (unpaired) electrons. The van der Waals surface area contributed by atoms with Crippen LogP contribution in [0.4, 0.5) is 0 Å². The zero-order valence-corrected chi connectivity index (χ0v) is 20.8. The van der Waals surface area contributed by atoms with Crippen LogP contribution in [-0.4, -0.2) is 52.3 Å². The highest BCUT2D eigenvalue weighted by Crippen LogP contribution is 2.13. The zero-order valence-electron chi connectivity index (χ0n) is 16.9. The number of nitrogens with one attached hydrogen (secondary N) is 2. The van der Waals surface area contributed by atoms with Gasteiger partial charge in [-0.2, -0.15) is 0 Å². The molecule has 1 amide bonds. The molecule has 1 saturated heterocycles. The maximum absolute atomic E-state index is 12.1. The van der Waals surface area contributed by atoms with Gasteiger partial charge in [0, 0.05) is 49.5 Å². The molecule has 0 unspecified atom stereocenters. The first kappa shape index (κ1) is 23.9. The lowest BCUT2D eigenvalue weighted by Gasteiger charge is -2.20. The number of rotatable bonds is 7.